The highest BCUT2D eigenvalue weighted by Gasteiger charge is 2.34. The molecule has 1 aromatic carbocycles. The third-order valence-corrected chi connectivity index (χ3v) is 5.67. The van der Waals surface area contributed by atoms with Gasteiger partial charge in [-0.1, -0.05) is 0 Å². The Bertz CT molecular complexity index is 1370. The van der Waals surface area contributed by atoms with Crippen LogP contribution in [0.3, 0.4) is 0 Å². The Morgan fingerprint density at radius 2 is 2.03 bits per heavy atom. The minimum atomic E-state index is -0.689. The van der Waals surface area contributed by atoms with Gasteiger partial charge in [0.25, 0.3) is 5.91 Å². The number of amides is 1. The van der Waals surface area contributed by atoms with E-state index in [0.717, 1.165) is 23.3 Å². The molecule has 172 valence electrons. The molecule has 3 heterocycles. The molecule has 2 aromatic heterocycles. The van der Waals surface area contributed by atoms with E-state index in [0.29, 0.717) is 30.0 Å². The summed E-state index contributed by atoms with van der Waals surface area (Å²) in [4.78, 5) is 21.5. The Kier molecular flexibility index (Phi) is 5.51. The predicted molar refractivity (Wildman–Crippen MR) is 119 cm³/mol. The number of aromatic nitrogens is 4. The summed E-state index contributed by atoms with van der Waals surface area (Å²) in [5.74, 6) is -1.11. The van der Waals surface area contributed by atoms with E-state index < -0.39 is 17.7 Å². The average molecular weight is 462 g/mol. The maximum atomic E-state index is 14.4. The number of aryl methyl sites for hydroxylation is 2. The summed E-state index contributed by atoms with van der Waals surface area (Å²) in [5, 5.41) is 9.38. The van der Waals surface area contributed by atoms with Gasteiger partial charge in [0.15, 0.2) is 0 Å². The lowest BCUT2D eigenvalue weighted by atomic mass is 9.95. The second kappa shape index (κ2) is 8.64. The molecule has 0 bridgehead atoms. The summed E-state index contributed by atoms with van der Waals surface area (Å²) < 4.78 is 35.8. The van der Waals surface area contributed by atoms with Crippen molar-refractivity contribution in [3.05, 3.63) is 76.6 Å². The number of ether oxygens (including phenoxy) is 1. The van der Waals surface area contributed by atoms with Gasteiger partial charge in [-0.25, -0.2) is 23.8 Å². The molecule has 8 nitrogen and oxygen atoms in total. The van der Waals surface area contributed by atoms with E-state index in [1.54, 1.807) is 17.1 Å². The number of benzene rings is 1. The summed E-state index contributed by atoms with van der Waals surface area (Å²) in [6.07, 6.45) is 8.87. The van der Waals surface area contributed by atoms with E-state index in [9.17, 15) is 13.6 Å². The second-order valence-electron chi connectivity index (χ2n) is 8.14. The van der Waals surface area contributed by atoms with Crippen molar-refractivity contribution in [2.24, 2.45) is 12.1 Å². The maximum Gasteiger partial charge on any atom is 0.278 e. The quantitative estimate of drug-likeness (QED) is 0.522. The zero-order valence-corrected chi connectivity index (χ0v) is 18.5. The van der Waals surface area contributed by atoms with E-state index in [1.165, 1.54) is 24.3 Å². The van der Waals surface area contributed by atoms with Crippen LogP contribution in [0.2, 0.25) is 0 Å². The monoisotopic (exact) mass is 462 g/mol. The lowest BCUT2D eigenvalue weighted by Crippen LogP contribution is -2.30. The Hall–Kier alpha value is -4.17. The fourth-order valence-electron chi connectivity index (χ4n) is 3.80. The first-order chi connectivity index (χ1) is 16.4. The van der Waals surface area contributed by atoms with Crippen LogP contribution in [-0.2, 0) is 11.8 Å². The third-order valence-electron chi connectivity index (χ3n) is 5.67. The molecule has 0 fully saturated rings. The molecule has 1 amide bonds. The molecule has 0 saturated carbocycles. The zero-order valence-electron chi connectivity index (χ0n) is 18.5. The molecule has 2 aliphatic rings. The molecule has 10 heteroatoms. The number of rotatable bonds is 6. The number of halogens is 2. The fraction of sp³-hybridized carbons (Fsp3) is 0.250. The van der Waals surface area contributed by atoms with Gasteiger partial charge in [-0.3, -0.25) is 9.48 Å². The van der Waals surface area contributed by atoms with Gasteiger partial charge >= 0.3 is 0 Å². The minimum Gasteiger partial charge on any atom is -0.471 e. The van der Waals surface area contributed by atoms with Gasteiger partial charge in [-0.15, -0.1) is 5.73 Å². The van der Waals surface area contributed by atoms with Crippen molar-refractivity contribution < 1.29 is 18.3 Å². The van der Waals surface area contributed by atoms with Crippen LogP contribution in [0.5, 0.6) is 5.88 Å². The summed E-state index contributed by atoms with van der Waals surface area (Å²) in [6.45, 7) is 1.70. The predicted octanol–water partition coefficient (Wildman–Crippen LogP) is 3.66. The van der Waals surface area contributed by atoms with Gasteiger partial charge in [0.1, 0.15) is 18.2 Å². The molecular formula is C24H20F2N6O2. The van der Waals surface area contributed by atoms with Gasteiger partial charge in [0.05, 0.1) is 35.9 Å². The average Bonchev–Trinajstić information content (AvgIpc) is 3.45. The highest BCUT2D eigenvalue weighted by atomic mass is 19.1. The van der Waals surface area contributed by atoms with E-state index in [2.05, 4.69) is 25.9 Å². The molecule has 1 aliphatic heterocycles. The van der Waals surface area contributed by atoms with Crippen LogP contribution >= 0.6 is 0 Å². The number of hydrazone groups is 1. The number of nitrogens with zero attached hydrogens (tertiary/aromatic N) is 6. The van der Waals surface area contributed by atoms with E-state index in [-0.39, 0.29) is 23.6 Å². The first kappa shape index (κ1) is 21.7. The van der Waals surface area contributed by atoms with Crippen molar-refractivity contribution in [1.29, 1.82) is 0 Å². The van der Waals surface area contributed by atoms with Gasteiger partial charge in [0, 0.05) is 49.0 Å². The molecule has 0 spiro atoms. The summed E-state index contributed by atoms with van der Waals surface area (Å²) >= 11 is 0. The number of carbonyl (C=O) groups excluding carboxylic acids is 1. The summed E-state index contributed by atoms with van der Waals surface area (Å²) in [6, 6.07) is 1.58. The van der Waals surface area contributed by atoms with Crippen LogP contribution in [-0.4, -0.2) is 43.5 Å². The molecule has 5 rings (SSSR count). The fourth-order valence-corrected chi connectivity index (χ4v) is 3.80. The van der Waals surface area contributed by atoms with Crippen LogP contribution in [0.4, 0.5) is 8.78 Å². The molecule has 34 heavy (non-hydrogen) atoms. The topological polar surface area (TPSA) is 85.5 Å². The van der Waals surface area contributed by atoms with Crippen LogP contribution < -0.4 is 4.74 Å². The van der Waals surface area contributed by atoms with Gasteiger partial charge in [0.2, 0.25) is 5.88 Å². The Labute approximate surface area is 193 Å². The first-order valence-electron chi connectivity index (χ1n) is 10.6. The molecule has 1 aliphatic carbocycles. The maximum absolute atomic E-state index is 14.4. The largest absolute Gasteiger partial charge is 0.471 e. The van der Waals surface area contributed by atoms with Crippen LogP contribution in [0.1, 0.15) is 30.0 Å². The van der Waals surface area contributed by atoms with Gasteiger partial charge in [-0.05, 0) is 24.6 Å². The normalized spacial score (nSPS) is 16.8. The standard InChI is InChI=1S/C24H20F2N6O2/c1-14-5-20(26)18(8-19(14)25)22-3-4-29-32(22)24(33)16-6-15(7-16)13-34-23-11-27-21(10-28-23)17-9-30-31(2)12-17/h4-5,8-12,22H,3,6,13H2,1-2H3. The van der Waals surface area contributed by atoms with Crippen molar-refractivity contribution in [3.8, 4) is 17.1 Å². The highest BCUT2D eigenvalue weighted by Crippen LogP contribution is 2.34. The summed E-state index contributed by atoms with van der Waals surface area (Å²) in [5.41, 5.74) is 6.04. The van der Waals surface area contributed by atoms with Crippen LogP contribution in [0, 0.1) is 18.6 Å². The number of hydrogen-bond acceptors (Lipinski definition) is 6. The van der Waals surface area contributed by atoms with Crippen LogP contribution in [0.25, 0.3) is 11.3 Å². The second-order valence-corrected chi connectivity index (χ2v) is 8.14. The Balaban J connectivity index is 1.24. The Morgan fingerprint density at radius 1 is 1.21 bits per heavy atom. The van der Waals surface area contributed by atoms with Crippen LogP contribution in [0.15, 0.2) is 58.9 Å². The van der Waals surface area contributed by atoms with Crippen molar-refractivity contribution in [2.75, 3.05) is 6.61 Å². The molecule has 1 atom stereocenters. The van der Waals surface area contributed by atoms with Crippen molar-refractivity contribution >= 4 is 12.1 Å². The minimum absolute atomic E-state index is 0.106. The van der Waals surface area contributed by atoms with E-state index >= 15 is 0 Å². The molecule has 0 saturated heterocycles. The SMILES string of the molecule is Cc1cc(F)c(C2CC=NN2C(=O)C2=C=C(COc3cnc(-c4cnn(C)c4)cn3)C2)cc1F. The van der Waals surface area contributed by atoms with Crippen molar-refractivity contribution in [3.63, 3.8) is 0 Å². The third kappa shape index (κ3) is 4.11. The van der Waals surface area contributed by atoms with E-state index in [1.807, 2.05) is 13.2 Å². The molecule has 0 N–H and O–H groups in total. The van der Waals surface area contributed by atoms with Gasteiger partial charge in [-0.2, -0.15) is 10.2 Å². The lowest BCUT2D eigenvalue weighted by molar-refractivity contribution is -0.129. The van der Waals surface area contributed by atoms with Crippen molar-refractivity contribution in [2.45, 2.75) is 25.8 Å². The number of carbonyl (C=O) groups is 1. The molecule has 3 aromatic rings. The number of hydrogen-bond donors (Lipinski definition) is 0. The Morgan fingerprint density at radius 3 is 2.74 bits per heavy atom. The van der Waals surface area contributed by atoms with Gasteiger partial charge < -0.3 is 4.74 Å². The highest BCUT2D eigenvalue weighted by molar-refractivity contribution is 5.96. The van der Waals surface area contributed by atoms with Crippen molar-refractivity contribution in [1.82, 2.24) is 24.8 Å². The molecule has 0 radical (unpaired) electrons. The summed E-state index contributed by atoms with van der Waals surface area (Å²) in [7, 11) is 1.82. The molecule has 1 unspecified atom stereocenters. The zero-order chi connectivity index (χ0) is 23.8. The first-order valence-corrected chi connectivity index (χ1v) is 10.6. The molecular weight excluding hydrogens is 442 g/mol. The lowest BCUT2D eigenvalue weighted by Gasteiger charge is -2.25. The van der Waals surface area contributed by atoms with E-state index in [4.69, 9.17) is 4.74 Å². The smallest absolute Gasteiger partial charge is 0.278 e.